The summed E-state index contributed by atoms with van der Waals surface area (Å²) in [5.41, 5.74) is 1.59. The molecule has 0 amide bonds. The highest BCUT2D eigenvalue weighted by Crippen LogP contribution is 2.70. The van der Waals surface area contributed by atoms with Gasteiger partial charge in [0.25, 0.3) is 0 Å². The molecular formula is C45H73NO15. The number of fused-ring (bicyclic) bond motifs is 9. The van der Waals surface area contributed by atoms with Gasteiger partial charge in [-0.3, -0.25) is 4.90 Å². The molecule has 0 bridgehead atoms. The van der Waals surface area contributed by atoms with Crippen molar-refractivity contribution < 1.29 is 74.4 Å². The number of ether oxygens (including phenoxy) is 6. The standard InChI is InChI=1S/C45H73NO15/c1-18-13-28(48)31-19(2)30-27(46(31)16-18)15-26-24-8-7-22-14-23(9-11-44(22,5)25(24)10-12-45(26,30)6)58-43-40(61-42-37(54)35(52)33(50)21(4)57-42)38(55)39(29(17-47)59-43)60-41-36(53)34(51)32(49)20(3)56-41/h7,18-21,23-43,47-55H,8-17H2,1-6H3. The number of piperidine rings is 1. The predicted octanol–water partition coefficient (Wildman–Crippen LogP) is 0.154. The highest BCUT2D eigenvalue weighted by atomic mass is 16.8. The van der Waals surface area contributed by atoms with E-state index in [1.807, 2.05) is 0 Å². The van der Waals surface area contributed by atoms with Crippen LogP contribution in [0.2, 0.25) is 0 Å². The minimum atomic E-state index is -1.71. The molecule has 5 saturated heterocycles. The van der Waals surface area contributed by atoms with Crippen LogP contribution in [0.25, 0.3) is 0 Å². The Balaban J connectivity index is 0.928. The molecule has 9 N–H and O–H groups in total. The van der Waals surface area contributed by atoms with Gasteiger partial charge in [0.1, 0.15) is 61.0 Å². The first-order chi connectivity index (χ1) is 28.9. The van der Waals surface area contributed by atoms with Gasteiger partial charge in [0.2, 0.25) is 0 Å². The molecule has 0 aromatic carbocycles. The number of nitrogens with zero attached hydrogens (tertiary/aromatic N) is 1. The smallest absolute Gasteiger partial charge is 0.187 e. The first-order valence-electron chi connectivity index (χ1n) is 23.3. The number of hydrogen-bond donors (Lipinski definition) is 9. The van der Waals surface area contributed by atoms with E-state index in [9.17, 15) is 46.0 Å². The molecule has 4 aliphatic carbocycles. The average molecular weight is 868 g/mol. The van der Waals surface area contributed by atoms with Gasteiger partial charge in [-0.15, -0.1) is 0 Å². The van der Waals surface area contributed by atoms with E-state index < -0.39 is 98.7 Å². The molecule has 0 aromatic heterocycles. The quantitative estimate of drug-likeness (QED) is 0.155. The lowest BCUT2D eigenvalue weighted by atomic mass is 9.47. The SMILES string of the molecule is CC1CC(O)C2C(C)C3C(CC4C5CC=C6CC(OC7OC(CO)C(OC8OC(C)C(O)C(O)C8O)C(O)C7OC7OC(C)C(O)C(O)C7O)CCC6(C)C5CCC43C)N2C1. The number of aliphatic hydroxyl groups is 9. The Morgan fingerprint density at radius 2 is 1.34 bits per heavy atom. The van der Waals surface area contributed by atoms with Gasteiger partial charge >= 0.3 is 0 Å². The van der Waals surface area contributed by atoms with Gasteiger partial charge in [-0.2, -0.15) is 0 Å². The van der Waals surface area contributed by atoms with Crippen LogP contribution < -0.4 is 0 Å². The van der Waals surface area contributed by atoms with E-state index in [1.54, 1.807) is 0 Å². The third-order valence-electron chi connectivity index (χ3n) is 18.0. The topological polar surface area (TPSA) is 241 Å². The molecule has 348 valence electrons. The zero-order valence-corrected chi connectivity index (χ0v) is 36.5. The Labute approximate surface area is 359 Å². The molecule has 0 spiro atoms. The molecule has 0 aromatic rings. The zero-order chi connectivity index (χ0) is 43.6. The van der Waals surface area contributed by atoms with E-state index in [1.165, 1.54) is 38.7 Å². The fourth-order valence-corrected chi connectivity index (χ4v) is 14.9. The van der Waals surface area contributed by atoms with Crippen LogP contribution in [-0.2, 0) is 28.4 Å². The molecule has 9 aliphatic rings. The summed E-state index contributed by atoms with van der Waals surface area (Å²) >= 11 is 0. The molecule has 5 heterocycles. The Morgan fingerprint density at radius 3 is 1.98 bits per heavy atom. The zero-order valence-electron chi connectivity index (χ0n) is 36.5. The van der Waals surface area contributed by atoms with Gasteiger partial charge in [0.15, 0.2) is 18.9 Å². The fraction of sp³-hybridized carbons (Fsp3) is 0.956. The lowest BCUT2D eigenvalue weighted by Gasteiger charge is -2.58. The van der Waals surface area contributed by atoms with Crippen molar-refractivity contribution in [1.82, 2.24) is 4.90 Å². The lowest BCUT2D eigenvalue weighted by Crippen LogP contribution is -2.66. The van der Waals surface area contributed by atoms with E-state index in [0.29, 0.717) is 54.4 Å². The summed E-state index contributed by atoms with van der Waals surface area (Å²) < 4.78 is 36.6. The average Bonchev–Trinajstić information content (AvgIpc) is 3.70. The number of allylic oxidation sites excluding steroid dienone is 1. The molecule has 5 aliphatic heterocycles. The van der Waals surface area contributed by atoms with E-state index in [0.717, 1.165) is 25.8 Å². The third kappa shape index (κ3) is 7.33. The second-order valence-corrected chi connectivity index (χ2v) is 21.4. The summed E-state index contributed by atoms with van der Waals surface area (Å²) in [5, 5.41) is 97.2. The molecule has 0 radical (unpaired) electrons. The van der Waals surface area contributed by atoms with Crippen LogP contribution in [-0.4, -0.2) is 180 Å². The van der Waals surface area contributed by atoms with Gasteiger partial charge in [0.05, 0.1) is 31.0 Å². The maximum Gasteiger partial charge on any atom is 0.187 e. The van der Waals surface area contributed by atoms with Gasteiger partial charge in [-0.05, 0) is 112 Å². The van der Waals surface area contributed by atoms with E-state index in [2.05, 4.69) is 38.7 Å². The maximum atomic E-state index is 12.0. The molecule has 27 unspecified atom stereocenters. The van der Waals surface area contributed by atoms with Crippen molar-refractivity contribution in [2.45, 2.75) is 209 Å². The van der Waals surface area contributed by atoms with Gasteiger partial charge in [-0.1, -0.05) is 39.3 Å². The lowest BCUT2D eigenvalue weighted by molar-refractivity contribution is -0.388. The van der Waals surface area contributed by atoms with Crippen LogP contribution in [0.5, 0.6) is 0 Å². The summed E-state index contributed by atoms with van der Waals surface area (Å²) in [6.07, 6.45) is -11.9. The Kier molecular flexibility index (Phi) is 12.4. The normalized spacial score (nSPS) is 58.5. The minimum absolute atomic E-state index is 0.00946. The van der Waals surface area contributed by atoms with Gasteiger partial charge in [-0.25, -0.2) is 0 Å². The second-order valence-electron chi connectivity index (χ2n) is 21.4. The van der Waals surface area contributed by atoms with Crippen LogP contribution >= 0.6 is 0 Å². The van der Waals surface area contributed by atoms with Crippen LogP contribution in [0.3, 0.4) is 0 Å². The molecule has 8 fully saturated rings. The number of rotatable bonds is 7. The summed E-state index contributed by atoms with van der Waals surface area (Å²) in [7, 11) is 0. The second kappa shape index (κ2) is 16.8. The maximum absolute atomic E-state index is 12.0. The van der Waals surface area contributed by atoms with Crippen molar-refractivity contribution in [3.8, 4) is 0 Å². The van der Waals surface area contributed by atoms with Gasteiger partial charge in [0, 0.05) is 18.6 Å². The Bertz CT molecular complexity index is 1610. The Morgan fingerprint density at radius 1 is 0.705 bits per heavy atom. The first-order valence-corrected chi connectivity index (χ1v) is 23.3. The van der Waals surface area contributed by atoms with Crippen LogP contribution in [0.1, 0.15) is 92.9 Å². The fourth-order valence-electron chi connectivity index (χ4n) is 14.9. The molecule has 61 heavy (non-hydrogen) atoms. The summed E-state index contributed by atoms with van der Waals surface area (Å²) in [6.45, 7) is 13.1. The van der Waals surface area contributed by atoms with Gasteiger partial charge < -0.3 is 74.4 Å². The van der Waals surface area contributed by atoms with Crippen molar-refractivity contribution >= 4 is 0 Å². The van der Waals surface area contributed by atoms with Crippen molar-refractivity contribution in [3.05, 3.63) is 11.6 Å². The van der Waals surface area contributed by atoms with E-state index >= 15 is 0 Å². The third-order valence-corrected chi connectivity index (χ3v) is 18.0. The highest BCUT2D eigenvalue weighted by Gasteiger charge is 2.67. The van der Waals surface area contributed by atoms with E-state index in [-0.39, 0.29) is 29.1 Å². The molecular weight excluding hydrogens is 794 g/mol. The monoisotopic (exact) mass is 867 g/mol. The molecule has 16 heteroatoms. The Hall–Kier alpha value is -0.900. The van der Waals surface area contributed by atoms with Crippen LogP contribution in [0.15, 0.2) is 11.6 Å². The highest BCUT2D eigenvalue weighted by molar-refractivity contribution is 5.27. The van der Waals surface area contributed by atoms with Crippen LogP contribution in [0, 0.1) is 46.3 Å². The minimum Gasteiger partial charge on any atom is -0.394 e. The molecule has 3 saturated carbocycles. The van der Waals surface area contributed by atoms with Crippen molar-refractivity contribution in [2.75, 3.05) is 13.2 Å². The largest absolute Gasteiger partial charge is 0.394 e. The van der Waals surface area contributed by atoms with Crippen molar-refractivity contribution in [3.63, 3.8) is 0 Å². The van der Waals surface area contributed by atoms with Crippen molar-refractivity contribution in [2.24, 2.45) is 46.3 Å². The predicted molar refractivity (Wildman–Crippen MR) is 215 cm³/mol. The molecule has 16 nitrogen and oxygen atoms in total. The summed E-state index contributed by atoms with van der Waals surface area (Å²) in [5.74, 6) is 3.32. The van der Waals surface area contributed by atoms with E-state index in [4.69, 9.17) is 28.4 Å². The number of hydrogen-bond acceptors (Lipinski definition) is 16. The molecule has 27 atom stereocenters. The van der Waals surface area contributed by atoms with Crippen LogP contribution in [0.4, 0.5) is 0 Å². The summed E-state index contributed by atoms with van der Waals surface area (Å²) in [4.78, 5) is 2.72. The van der Waals surface area contributed by atoms with Crippen molar-refractivity contribution in [1.29, 1.82) is 0 Å². The summed E-state index contributed by atoms with van der Waals surface area (Å²) in [6, 6.07) is 0.801. The molecule has 9 rings (SSSR count). The first kappa shape index (κ1) is 45.3. The number of aliphatic hydroxyl groups excluding tert-OH is 9.